The van der Waals surface area contributed by atoms with E-state index in [-0.39, 0.29) is 12.2 Å². The number of nitrogens with zero attached hydrogens (tertiary/aromatic N) is 1. The van der Waals surface area contributed by atoms with Crippen LogP contribution < -0.4 is 0 Å². The molecule has 3 nitrogen and oxygen atoms in total. The van der Waals surface area contributed by atoms with Crippen molar-refractivity contribution < 1.29 is 9.53 Å². The van der Waals surface area contributed by atoms with E-state index in [0.29, 0.717) is 12.1 Å². The summed E-state index contributed by atoms with van der Waals surface area (Å²) in [4.78, 5) is 13.8. The highest BCUT2D eigenvalue weighted by atomic mass is 127. The molecule has 2 saturated heterocycles. The molecule has 19 heavy (non-hydrogen) atoms. The number of fused-ring (bicyclic) bond motifs is 1. The van der Waals surface area contributed by atoms with Gasteiger partial charge in [-0.2, -0.15) is 0 Å². The lowest BCUT2D eigenvalue weighted by molar-refractivity contribution is 0.129. The highest BCUT2D eigenvalue weighted by Crippen LogP contribution is 2.35. The normalized spacial score (nSPS) is 29.7. The van der Waals surface area contributed by atoms with Gasteiger partial charge in [-0.3, -0.25) is 4.90 Å². The van der Waals surface area contributed by atoms with Gasteiger partial charge < -0.3 is 4.74 Å². The Morgan fingerprint density at radius 2 is 1.84 bits per heavy atom. The van der Waals surface area contributed by atoms with Crippen molar-refractivity contribution >= 4 is 28.7 Å². The summed E-state index contributed by atoms with van der Waals surface area (Å²) in [6.45, 7) is 2.03. The second kappa shape index (κ2) is 7.70. The Morgan fingerprint density at radius 3 is 2.58 bits per heavy atom. The number of halogens is 1. The maximum absolute atomic E-state index is 11.8. The molecule has 0 bridgehead atoms. The van der Waals surface area contributed by atoms with E-state index >= 15 is 0 Å². The van der Waals surface area contributed by atoms with Crippen molar-refractivity contribution in [3.63, 3.8) is 0 Å². The number of hydrogen-bond acceptors (Lipinski definition) is 2. The van der Waals surface area contributed by atoms with Crippen LogP contribution in [0.1, 0.15) is 64.7 Å². The van der Waals surface area contributed by atoms with Crippen LogP contribution in [0.3, 0.4) is 0 Å². The first kappa shape index (κ1) is 15.4. The lowest BCUT2D eigenvalue weighted by Crippen LogP contribution is -2.36. The van der Waals surface area contributed by atoms with Gasteiger partial charge in [-0.15, -0.1) is 0 Å². The van der Waals surface area contributed by atoms with Gasteiger partial charge in [0.15, 0.2) is 0 Å². The number of ether oxygens (including phenoxy) is 1. The first-order valence-electron chi connectivity index (χ1n) is 7.79. The molecule has 0 aliphatic carbocycles. The van der Waals surface area contributed by atoms with Crippen LogP contribution in [0.2, 0.25) is 0 Å². The zero-order valence-corrected chi connectivity index (χ0v) is 14.1. The van der Waals surface area contributed by atoms with Crippen LogP contribution in [0.15, 0.2) is 0 Å². The number of rotatable bonds is 8. The van der Waals surface area contributed by atoms with Crippen LogP contribution >= 0.6 is 22.6 Å². The predicted molar refractivity (Wildman–Crippen MR) is 85.8 cm³/mol. The maximum atomic E-state index is 11.8. The Hall–Kier alpha value is 0. The molecule has 110 valence electrons. The summed E-state index contributed by atoms with van der Waals surface area (Å²) in [7, 11) is 0. The highest BCUT2D eigenvalue weighted by molar-refractivity contribution is 14.1. The van der Waals surface area contributed by atoms with Crippen molar-refractivity contribution in [1.82, 2.24) is 4.90 Å². The van der Waals surface area contributed by atoms with Gasteiger partial charge in [0.1, 0.15) is 6.10 Å². The van der Waals surface area contributed by atoms with E-state index in [1.165, 1.54) is 55.8 Å². The minimum atomic E-state index is -0.0676. The molecule has 2 fully saturated rings. The summed E-state index contributed by atoms with van der Waals surface area (Å²) in [5.41, 5.74) is 0. The minimum absolute atomic E-state index is 0.0676. The summed E-state index contributed by atoms with van der Waals surface area (Å²) >= 11 is 2.45. The van der Waals surface area contributed by atoms with E-state index in [9.17, 15) is 4.79 Å². The molecule has 2 aliphatic rings. The number of alkyl halides is 1. The number of hydrogen-bond donors (Lipinski definition) is 0. The van der Waals surface area contributed by atoms with E-state index in [1.807, 2.05) is 11.8 Å². The molecule has 0 aromatic rings. The monoisotopic (exact) mass is 379 g/mol. The van der Waals surface area contributed by atoms with Gasteiger partial charge >= 0.3 is 6.09 Å². The topological polar surface area (TPSA) is 29.5 Å². The SMILES string of the molecule is CC1OC(=O)N2C(CCCCCCCCI)CCC12. The standard InChI is InChI=1S/C15H26INO2/c1-12-14-10-9-13(17(14)15(18)19-12)8-6-4-2-3-5-7-11-16/h12-14H,2-11H2,1H3. The van der Waals surface area contributed by atoms with Crippen LogP contribution in [0, 0.1) is 0 Å². The fourth-order valence-corrected chi connectivity index (χ4v) is 3.96. The largest absolute Gasteiger partial charge is 0.444 e. The second-order valence-corrected chi connectivity index (χ2v) is 6.97. The van der Waals surface area contributed by atoms with Crippen LogP contribution in [0.25, 0.3) is 0 Å². The van der Waals surface area contributed by atoms with Gasteiger partial charge in [0, 0.05) is 6.04 Å². The Morgan fingerprint density at radius 1 is 1.16 bits per heavy atom. The Labute approximate surface area is 130 Å². The van der Waals surface area contributed by atoms with Crippen LogP contribution in [0.5, 0.6) is 0 Å². The summed E-state index contributed by atoms with van der Waals surface area (Å²) in [5, 5.41) is 0. The number of amides is 1. The van der Waals surface area contributed by atoms with Crippen molar-refractivity contribution in [1.29, 1.82) is 0 Å². The third kappa shape index (κ3) is 3.99. The maximum Gasteiger partial charge on any atom is 0.410 e. The number of carbonyl (C=O) groups excluding carboxylic acids is 1. The van der Waals surface area contributed by atoms with Crippen molar-refractivity contribution in [2.24, 2.45) is 0 Å². The van der Waals surface area contributed by atoms with Gasteiger partial charge in [-0.25, -0.2) is 4.79 Å². The molecule has 4 heteroatoms. The number of cyclic esters (lactones) is 1. The van der Waals surface area contributed by atoms with E-state index in [2.05, 4.69) is 22.6 Å². The second-order valence-electron chi connectivity index (χ2n) is 5.89. The zero-order valence-electron chi connectivity index (χ0n) is 11.9. The molecule has 2 heterocycles. The molecule has 0 radical (unpaired) electrons. The van der Waals surface area contributed by atoms with Gasteiger partial charge in [-0.05, 0) is 37.0 Å². The summed E-state index contributed by atoms with van der Waals surface area (Å²) in [5.74, 6) is 0. The molecular formula is C15H26INO2. The highest BCUT2D eigenvalue weighted by Gasteiger charge is 2.46. The lowest BCUT2D eigenvalue weighted by Gasteiger charge is -2.21. The Bertz CT molecular complexity index is 298. The molecule has 1 amide bonds. The first-order valence-corrected chi connectivity index (χ1v) is 9.31. The quantitative estimate of drug-likeness (QED) is 0.353. The van der Waals surface area contributed by atoms with Gasteiger partial charge in [0.2, 0.25) is 0 Å². The van der Waals surface area contributed by atoms with Crippen molar-refractivity contribution in [2.45, 2.75) is 82.9 Å². The third-order valence-electron chi connectivity index (χ3n) is 4.51. The molecule has 0 saturated carbocycles. The van der Waals surface area contributed by atoms with Gasteiger partial charge in [-0.1, -0.05) is 54.7 Å². The Kier molecular flexibility index (Phi) is 6.23. The van der Waals surface area contributed by atoms with E-state index in [1.54, 1.807) is 0 Å². The summed E-state index contributed by atoms with van der Waals surface area (Å²) in [6.07, 6.45) is 11.6. The molecule has 0 aromatic heterocycles. The molecule has 0 spiro atoms. The van der Waals surface area contributed by atoms with Crippen molar-refractivity contribution in [3.8, 4) is 0 Å². The number of unbranched alkanes of at least 4 members (excludes halogenated alkanes) is 5. The third-order valence-corrected chi connectivity index (χ3v) is 5.27. The molecular weight excluding hydrogens is 353 g/mol. The molecule has 2 aliphatic heterocycles. The lowest BCUT2D eigenvalue weighted by atomic mass is 10.0. The average molecular weight is 379 g/mol. The van der Waals surface area contributed by atoms with Crippen molar-refractivity contribution in [2.75, 3.05) is 4.43 Å². The molecule has 0 aromatic carbocycles. The van der Waals surface area contributed by atoms with Crippen LogP contribution in [-0.4, -0.2) is 33.6 Å². The predicted octanol–water partition coefficient (Wildman–Crippen LogP) is 4.52. The van der Waals surface area contributed by atoms with Crippen LogP contribution in [-0.2, 0) is 4.74 Å². The molecule has 2 rings (SSSR count). The smallest absolute Gasteiger partial charge is 0.410 e. The van der Waals surface area contributed by atoms with E-state index in [4.69, 9.17) is 4.74 Å². The van der Waals surface area contributed by atoms with Crippen LogP contribution in [0.4, 0.5) is 4.79 Å². The number of carbonyl (C=O) groups is 1. The van der Waals surface area contributed by atoms with Gasteiger partial charge in [0.05, 0.1) is 6.04 Å². The molecule has 0 N–H and O–H groups in total. The fraction of sp³-hybridized carbons (Fsp3) is 0.933. The zero-order chi connectivity index (χ0) is 13.7. The summed E-state index contributed by atoms with van der Waals surface area (Å²) < 4.78 is 6.60. The summed E-state index contributed by atoms with van der Waals surface area (Å²) in [6, 6.07) is 0.818. The van der Waals surface area contributed by atoms with Gasteiger partial charge in [0.25, 0.3) is 0 Å². The molecule has 3 unspecified atom stereocenters. The van der Waals surface area contributed by atoms with E-state index < -0.39 is 0 Å². The minimum Gasteiger partial charge on any atom is -0.444 e. The average Bonchev–Trinajstić information content (AvgIpc) is 2.92. The fourth-order valence-electron chi connectivity index (χ4n) is 3.42. The Balaban J connectivity index is 1.60. The first-order chi connectivity index (χ1) is 9.24. The van der Waals surface area contributed by atoms with Crippen molar-refractivity contribution in [3.05, 3.63) is 0 Å². The molecule has 3 atom stereocenters. The van der Waals surface area contributed by atoms with E-state index in [0.717, 1.165) is 6.42 Å².